The highest BCUT2D eigenvalue weighted by molar-refractivity contribution is 6.31. The summed E-state index contributed by atoms with van der Waals surface area (Å²) in [6, 6.07) is 11.2. The summed E-state index contributed by atoms with van der Waals surface area (Å²) in [4.78, 5) is 12.2. The Morgan fingerprint density at radius 2 is 2.00 bits per heavy atom. The summed E-state index contributed by atoms with van der Waals surface area (Å²) in [6.45, 7) is 1.62. The third kappa shape index (κ3) is 3.57. The summed E-state index contributed by atoms with van der Waals surface area (Å²) in [7, 11) is 1.77. The van der Waals surface area contributed by atoms with E-state index in [1.54, 1.807) is 41.8 Å². The van der Waals surface area contributed by atoms with E-state index in [0.29, 0.717) is 10.8 Å². The van der Waals surface area contributed by atoms with Gasteiger partial charge in [0, 0.05) is 19.3 Å². The molecule has 0 aliphatic heterocycles. The second-order valence-electron chi connectivity index (χ2n) is 5.19. The minimum Gasteiger partial charge on any atom is -0.462 e. The first kappa shape index (κ1) is 16.1. The molecule has 0 saturated heterocycles. The Bertz CT molecular complexity index is 843. The fraction of sp³-hybridized carbons (Fsp3) is 0.188. The second kappa shape index (κ2) is 6.76. The van der Waals surface area contributed by atoms with E-state index in [9.17, 15) is 4.79 Å². The number of rotatable bonds is 5. The van der Waals surface area contributed by atoms with Crippen LogP contribution in [0.4, 0.5) is 5.82 Å². The van der Waals surface area contributed by atoms with Gasteiger partial charge < -0.3 is 10.1 Å². The van der Waals surface area contributed by atoms with Gasteiger partial charge >= 0.3 is 0 Å². The van der Waals surface area contributed by atoms with Crippen molar-refractivity contribution in [3.8, 4) is 11.6 Å². The van der Waals surface area contributed by atoms with E-state index in [1.807, 2.05) is 30.3 Å². The molecule has 0 bridgehead atoms. The Morgan fingerprint density at radius 3 is 2.67 bits per heavy atom. The zero-order valence-corrected chi connectivity index (χ0v) is 13.9. The molecule has 8 heteroatoms. The number of carbonyl (C=O) groups is 1. The quantitative estimate of drug-likeness (QED) is 0.771. The number of nitrogens with one attached hydrogen (secondary N) is 1. The lowest BCUT2D eigenvalue weighted by Gasteiger charge is -2.12. The number of amides is 1. The third-order valence-corrected chi connectivity index (χ3v) is 3.54. The zero-order chi connectivity index (χ0) is 17.1. The first-order valence-electron chi connectivity index (χ1n) is 7.30. The molecule has 1 amide bonds. The average molecular weight is 346 g/mol. The number of aryl methyl sites for hydroxylation is 1. The number of para-hydroxylation sites is 1. The molecular weight excluding hydrogens is 330 g/mol. The van der Waals surface area contributed by atoms with Crippen molar-refractivity contribution in [3.05, 3.63) is 53.8 Å². The van der Waals surface area contributed by atoms with Crippen LogP contribution in [0.25, 0.3) is 5.69 Å². The van der Waals surface area contributed by atoms with Crippen molar-refractivity contribution in [2.24, 2.45) is 7.05 Å². The lowest BCUT2D eigenvalue weighted by Crippen LogP contribution is -2.30. The highest BCUT2D eigenvalue weighted by atomic mass is 35.5. The number of hydrogen-bond donors (Lipinski definition) is 1. The van der Waals surface area contributed by atoms with Crippen LogP contribution in [0.1, 0.15) is 6.92 Å². The SMILES string of the molecule is C[C@@H](Oc1nn(-c2ccccc2)cc1Cl)C(=O)Nc1ccn(C)n1. The highest BCUT2D eigenvalue weighted by Crippen LogP contribution is 2.25. The molecular formula is C16H16ClN5O2. The van der Waals surface area contributed by atoms with Crippen molar-refractivity contribution >= 4 is 23.3 Å². The van der Waals surface area contributed by atoms with E-state index in [0.717, 1.165) is 5.69 Å². The van der Waals surface area contributed by atoms with Gasteiger partial charge in [0.25, 0.3) is 11.8 Å². The Balaban J connectivity index is 1.69. The Morgan fingerprint density at radius 1 is 1.25 bits per heavy atom. The number of halogens is 1. The molecule has 3 rings (SSSR count). The molecule has 0 fully saturated rings. The highest BCUT2D eigenvalue weighted by Gasteiger charge is 2.19. The van der Waals surface area contributed by atoms with Gasteiger partial charge in [-0.1, -0.05) is 29.8 Å². The van der Waals surface area contributed by atoms with E-state index < -0.39 is 6.10 Å². The van der Waals surface area contributed by atoms with Crippen LogP contribution in [0, 0.1) is 0 Å². The predicted octanol–water partition coefficient (Wildman–Crippen LogP) is 2.67. The molecule has 0 radical (unpaired) electrons. The van der Waals surface area contributed by atoms with Crippen LogP contribution in [0.5, 0.6) is 5.88 Å². The van der Waals surface area contributed by atoms with Crippen molar-refractivity contribution in [3.63, 3.8) is 0 Å². The number of anilines is 1. The van der Waals surface area contributed by atoms with Crippen molar-refractivity contribution in [2.45, 2.75) is 13.0 Å². The first-order valence-corrected chi connectivity index (χ1v) is 7.68. The Hall–Kier alpha value is -2.80. The molecule has 1 atom stereocenters. The summed E-state index contributed by atoms with van der Waals surface area (Å²) in [6.07, 6.45) is 2.60. The second-order valence-corrected chi connectivity index (χ2v) is 5.59. The van der Waals surface area contributed by atoms with Crippen molar-refractivity contribution in [1.29, 1.82) is 0 Å². The van der Waals surface area contributed by atoms with Crippen LogP contribution in [0.3, 0.4) is 0 Å². The van der Waals surface area contributed by atoms with E-state index in [2.05, 4.69) is 15.5 Å². The lowest BCUT2D eigenvalue weighted by atomic mass is 10.3. The first-order chi connectivity index (χ1) is 11.5. The zero-order valence-electron chi connectivity index (χ0n) is 13.2. The summed E-state index contributed by atoms with van der Waals surface area (Å²) in [5.74, 6) is 0.321. The van der Waals surface area contributed by atoms with Crippen LogP contribution >= 0.6 is 11.6 Å². The molecule has 3 aromatic rings. The maximum Gasteiger partial charge on any atom is 0.266 e. The number of aromatic nitrogens is 4. The third-order valence-electron chi connectivity index (χ3n) is 3.28. The molecule has 1 aromatic carbocycles. The van der Waals surface area contributed by atoms with Crippen LogP contribution < -0.4 is 10.1 Å². The van der Waals surface area contributed by atoms with Crippen LogP contribution in [0.15, 0.2) is 48.8 Å². The van der Waals surface area contributed by atoms with Gasteiger partial charge in [0.15, 0.2) is 11.9 Å². The monoisotopic (exact) mass is 345 g/mol. The minimum absolute atomic E-state index is 0.198. The van der Waals surface area contributed by atoms with Crippen LogP contribution in [0.2, 0.25) is 5.02 Å². The molecule has 0 aliphatic rings. The normalized spacial score (nSPS) is 12.0. The predicted molar refractivity (Wildman–Crippen MR) is 90.5 cm³/mol. The molecule has 0 unspecified atom stereocenters. The van der Waals surface area contributed by atoms with E-state index >= 15 is 0 Å². The van der Waals surface area contributed by atoms with Crippen LogP contribution in [-0.4, -0.2) is 31.6 Å². The van der Waals surface area contributed by atoms with Gasteiger partial charge in [-0.2, -0.15) is 5.10 Å². The molecule has 1 N–H and O–H groups in total. The van der Waals surface area contributed by atoms with Gasteiger partial charge in [-0.25, -0.2) is 4.68 Å². The van der Waals surface area contributed by atoms with Gasteiger partial charge in [-0.3, -0.25) is 9.48 Å². The van der Waals surface area contributed by atoms with Gasteiger partial charge in [-0.05, 0) is 19.1 Å². The maximum absolute atomic E-state index is 12.2. The minimum atomic E-state index is -0.774. The van der Waals surface area contributed by atoms with Crippen molar-refractivity contribution < 1.29 is 9.53 Å². The molecule has 2 heterocycles. The fourth-order valence-corrected chi connectivity index (χ4v) is 2.24. The molecule has 0 spiro atoms. The molecule has 0 aliphatic carbocycles. The summed E-state index contributed by atoms with van der Waals surface area (Å²) in [5.41, 5.74) is 0.847. The lowest BCUT2D eigenvalue weighted by molar-refractivity contribution is -0.122. The molecule has 24 heavy (non-hydrogen) atoms. The molecule has 7 nitrogen and oxygen atoms in total. The summed E-state index contributed by atoms with van der Waals surface area (Å²) < 4.78 is 8.77. The summed E-state index contributed by atoms with van der Waals surface area (Å²) >= 11 is 6.15. The van der Waals surface area contributed by atoms with E-state index in [1.165, 1.54) is 0 Å². The topological polar surface area (TPSA) is 74.0 Å². The molecule has 2 aromatic heterocycles. The number of benzene rings is 1. The largest absolute Gasteiger partial charge is 0.462 e. The average Bonchev–Trinajstić information content (AvgIpc) is 3.14. The number of ether oxygens (including phenoxy) is 1. The smallest absolute Gasteiger partial charge is 0.266 e. The van der Waals surface area contributed by atoms with Gasteiger partial charge in [-0.15, -0.1) is 5.10 Å². The van der Waals surface area contributed by atoms with Crippen molar-refractivity contribution in [1.82, 2.24) is 19.6 Å². The van der Waals surface area contributed by atoms with Crippen LogP contribution in [-0.2, 0) is 11.8 Å². The van der Waals surface area contributed by atoms with E-state index in [4.69, 9.17) is 16.3 Å². The number of nitrogens with zero attached hydrogens (tertiary/aromatic N) is 4. The number of carbonyl (C=O) groups excluding carboxylic acids is 1. The summed E-state index contributed by atoms with van der Waals surface area (Å²) in [5, 5.41) is 11.4. The standard InChI is InChI=1S/C16H16ClN5O2/c1-11(15(23)18-14-8-9-21(2)19-14)24-16-13(17)10-22(20-16)12-6-4-3-5-7-12/h3-11H,1-2H3,(H,18,19,23)/t11-/m1/s1. The van der Waals surface area contributed by atoms with Gasteiger partial charge in [0.05, 0.1) is 11.9 Å². The van der Waals surface area contributed by atoms with Gasteiger partial charge in [0.2, 0.25) is 0 Å². The number of hydrogen-bond acceptors (Lipinski definition) is 4. The Kier molecular flexibility index (Phi) is 4.52. The molecule has 124 valence electrons. The maximum atomic E-state index is 12.2. The molecule has 0 saturated carbocycles. The fourth-order valence-electron chi connectivity index (χ4n) is 2.06. The van der Waals surface area contributed by atoms with E-state index in [-0.39, 0.29) is 11.8 Å². The van der Waals surface area contributed by atoms with Crippen molar-refractivity contribution in [2.75, 3.05) is 5.32 Å². The Labute approximate surface area is 143 Å². The van der Waals surface area contributed by atoms with Gasteiger partial charge in [0.1, 0.15) is 5.02 Å².